The van der Waals surface area contributed by atoms with Gasteiger partial charge in [0.25, 0.3) is 0 Å². The molecule has 88 valence electrons. The van der Waals surface area contributed by atoms with Gasteiger partial charge in [0.15, 0.2) is 0 Å². The van der Waals surface area contributed by atoms with Crippen LogP contribution in [0.4, 0.5) is 0 Å². The molecule has 1 aliphatic rings. The van der Waals surface area contributed by atoms with Crippen LogP contribution in [0, 0.1) is 0 Å². The van der Waals surface area contributed by atoms with Crippen LogP contribution in [-0.4, -0.2) is 16.5 Å². The fraction of sp³-hybridized carbons (Fsp3) is 0.545. The van der Waals surface area contributed by atoms with Gasteiger partial charge in [0, 0.05) is 12.7 Å². The van der Waals surface area contributed by atoms with Crippen molar-refractivity contribution in [2.45, 2.75) is 31.7 Å². The largest absolute Gasteiger partial charge is 0.268 e. The Morgan fingerprint density at radius 3 is 3.00 bits per heavy atom. The number of halogens is 2. The highest BCUT2D eigenvalue weighted by Crippen LogP contribution is 2.30. The van der Waals surface area contributed by atoms with Gasteiger partial charge in [0.2, 0.25) is 0 Å². The predicted molar refractivity (Wildman–Crippen MR) is 69.0 cm³/mol. The van der Waals surface area contributed by atoms with E-state index in [4.69, 9.17) is 17.4 Å². The molecule has 0 aliphatic carbocycles. The molecular formula is C11H15BrClN3. The van der Waals surface area contributed by atoms with E-state index < -0.39 is 0 Å². The Hall–Kier alpha value is -0.160. The fourth-order valence-electron chi connectivity index (χ4n) is 2.11. The van der Waals surface area contributed by atoms with Crippen LogP contribution in [-0.2, 0) is 0 Å². The molecule has 5 heteroatoms. The number of nitrogens with two attached hydrogens (primary N) is 1. The molecule has 0 saturated carbocycles. The quantitative estimate of drug-likeness (QED) is 0.639. The summed E-state index contributed by atoms with van der Waals surface area (Å²) >= 11 is 9.35. The van der Waals surface area contributed by atoms with Crippen LogP contribution in [0.25, 0.3) is 0 Å². The molecule has 1 aliphatic heterocycles. The zero-order chi connectivity index (χ0) is 11.5. The van der Waals surface area contributed by atoms with Crippen molar-refractivity contribution >= 4 is 27.5 Å². The first-order chi connectivity index (χ1) is 7.68. The van der Waals surface area contributed by atoms with Crippen molar-refractivity contribution in [1.82, 2.24) is 9.99 Å². The van der Waals surface area contributed by atoms with Crippen LogP contribution < -0.4 is 5.84 Å². The lowest BCUT2D eigenvalue weighted by Gasteiger charge is -2.25. The third kappa shape index (κ3) is 2.74. The van der Waals surface area contributed by atoms with Crippen molar-refractivity contribution in [3.05, 3.63) is 27.5 Å². The molecule has 1 saturated heterocycles. The Bertz CT molecular complexity index is 372. The first-order valence-electron chi connectivity index (χ1n) is 5.51. The van der Waals surface area contributed by atoms with E-state index in [-0.39, 0.29) is 6.04 Å². The first-order valence-corrected chi connectivity index (χ1v) is 6.68. The molecule has 2 rings (SSSR count). The highest BCUT2D eigenvalue weighted by molar-refractivity contribution is 9.10. The number of hydrogen-bond donors (Lipinski definition) is 1. The zero-order valence-corrected chi connectivity index (χ0v) is 11.3. The van der Waals surface area contributed by atoms with Crippen molar-refractivity contribution in [3.63, 3.8) is 0 Å². The lowest BCUT2D eigenvalue weighted by atomic mass is 10.0. The minimum Gasteiger partial charge on any atom is -0.268 e. The lowest BCUT2D eigenvalue weighted by molar-refractivity contribution is 0.206. The van der Waals surface area contributed by atoms with Gasteiger partial charge in [0.1, 0.15) is 4.60 Å². The van der Waals surface area contributed by atoms with Gasteiger partial charge in [-0.25, -0.2) is 9.99 Å². The van der Waals surface area contributed by atoms with Gasteiger partial charge in [-0.1, -0.05) is 24.4 Å². The van der Waals surface area contributed by atoms with Crippen LogP contribution in [0.5, 0.6) is 0 Å². The maximum absolute atomic E-state index is 6.05. The lowest BCUT2D eigenvalue weighted by Crippen LogP contribution is -2.34. The molecule has 1 fully saturated rings. The summed E-state index contributed by atoms with van der Waals surface area (Å²) in [6.07, 6.45) is 6.57. The number of hydrazine groups is 1. The molecule has 1 aromatic heterocycles. The minimum atomic E-state index is 0.251. The van der Waals surface area contributed by atoms with E-state index in [1.165, 1.54) is 19.3 Å². The molecule has 0 aromatic carbocycles. The Balaban J connectivity index is 2.23. The van der Waals surface area contributed by atoms with Crippen molar-refractivity contribution in [2.75, 3.05) is 6.54 Å². The zero-order valence-electron chi connectivity index (χ0n) is 9.00. The molecule has 0 amide bonds. The Morgan fingerprint density at radius 2 is 2.25 bits per heavy atom. The van der Waals surface area contributed by atoms with E-state index in [2.05, 4.69) is 20.9 Å². The van der Waals surface area contributed by atoms with Crippen molar-refractivity contribution < 1.29 is 0 Å². The molecule has 16 heavy (non-hydrogen) atoms. The summed E-state index contributed by atoms with van der Waals surface area (Å²) in [5.74, 6) is 6.05. The number of aromatic nitrogens is 1. The molecule has 1 aromatic rings. The number of rotatable bonds is 1. The SMILES string of the molecule is NN1CCCCC[C@H]1c1cnc(Br)c(Cl)c1. The molecule has 2 N–H and O–H groups in total. The summed E-state index contributed by atoms with van der Waals surface area (Å²) in [5, 5.41) is 2.56. The minimum absolute atomic E-state index is 0.251. The van der Waals surface area contributed by atoms with Crippen molar-refractivity contribution in [3.8, 4) is 0 Å². The second-order valence-corrected chi connectivity index (χ2v) is 5.30. The van der Waals surface area contributed by atoms with Gasteiger partial charge in [-0.05, 0) is 40.4 Å². The molecule has 3 nitrogen and oxygen atoms in total. The summed E-state index contributed by atoms with van der Waals surface area (Å²) < 4.78 is 0.690. The molecule has 0 bridgehead atoms. The van der Waals surface area contributed by atoms with E-state index >= 15 is 0 Å². The Morgan fingerprint density at radius 1 is 1.44 bits per heavy atom. The topological polar surface area (TPSA) is 42.1 Å². The highest BCUT2D eigenvalue weighted by Gasteiger charge is 2.20. The third-order valence-electron chi connectivity index (χ3n) is 3.00. The predicted octanol–water partition coefficient (Wildman–Crippen LogP) is 3.29. The maximum Gasteiger partial charge on any atom is 0.124 e. The van der Waals surface area contributed by atoms with E-state index in [9.17, 15) is 0 Å². The Labute approximate surface area is 109 Å². The molecule has 0 unspecified atom stereocenters. The van der Waals surface area contributed by atoms with Crippen LogP contribution in [0.1, 0.15) is 37.3 Å². The van der Waals surface area contributed by atoms with E-state index in [1.807, 2.05) is 17.3 Å². The fourth-order valence-corrected chi connectivity index (χ4v) is 2.50. The average molecular weight is 305 g/mol. The van der Waals surface area contributed by atoms with Gasteiger partial charge < -0.3 is 0 Å². The number of pyridine rings is 1. The van der Waals surface area contributed by atoms with Crippen LogP contribution >= 0.6 is 27.5 Å². The van der Waals surface area contributed by atoms with Crippen molar-refractivity contribution in [2.24, 2.45) is 5.84 Å². The smallest absolute Gasteiger partial charge is 0.124 e. The molecular weight excluding hydrogens is 289 g/mol. The van der Waals surface area contributed by atoms with Crippen LogP contribution in [0.15, 0.2) is 16.9 Å². The summed E-state index contributed by atoms with van der Waals surface area (Å²) in [4.78, 5) is 4.22. The summed E-state index contributed by atoms with van der Waals surface area (Å²) in [5.41, 5.74) is 1.11. The number of hydrogen-bond acceptors (Lipinski definition) is 3. The second kappa shape index (κ2) is 5.45. The van der Waals surface area contributed by atoms with Gasteiger partial charge in [-0.2, -0.15) is 0 Å². The first kappa shape index (κ1) is 12.3. The highest BCUT2D eigenvalue weighted by atomic mass is 79.9. The third-order valence-corrected chi connectivity index (χ3v) is 4.14. The molecule has 0 radical (unpaired) electrons. The monoisotopic (exact) mass is 303 g/mol. The van der Waals surface area contributed by atoms with Crippen LogP contribution in [0.3, 0.4) is 0 Å². The summed E-state index contributed by atoms with van der Waals surface area (Å²) in [6, 6.07) is 2.20. The van der Waals surface area contributed by atoms with Crippen LogP contribution in [0.2, 0.25) is 5.02 Å². The van der Waals surface area contributed by atoms with E-state index in [1.54, 1.807) is 0 Å². The van der Waals surface area contributed by atoms with E-state index in [0.29, 0.717) is 9.63 Å². The summed E-state index contributed by atoms with van der Waals surface area (Å²) in [7, 11) is 0. The normalized spacial score (nSPS) is 23.1. The van der Waals surface area contributed by atoms with Crippen molar-refractivity contribution in [1.29, 1.82) is 0 Å². The molecule has 1 atom stereocenters. The Kier molecular flexibility index (Phi) is 4.19. The molecule has 0 spiro atoms. The number of nitrogens with zero attached hydrogens (tertiary/aromatic N) is 2. The summed E-state index contributed by atoms with van der Waals surface area (Å²) in [6.45, 7) is 0.943. The standard InChI is InChI=1S/C11H15BrClN3/c12-11-9(13)6-8(7-15-11)10-4-2-1-3-5-16(10)14/h6-7,10H,1-5,14H2/t10-/m0/s1. The van der Waals surface area contributed by atoms with Gasteiger partial charge in [0.05, 0.1) is 11.1 Å². The van der Waals surface area contributed by atoms with Gasteiger partial charge in [-0.15, -0.1) is 0 Å². The van der Waals surface area contributed by atoms with Gasteiger partial charge >= 0.3 is 0 Å². The van der Waals surface area contributed by atoms with Gasteiger partial charge in [-0.3, -0.25) is 5.84 Å². The maximum atomic E-state index is 6.05. The average Bonchev–Trinajstić information content (AvgIpc) is 2.47. The molecule has 2 heterocycles. The second-order valence-electron chi connectivity index (χ2n) is 4.14. The van der Waals surface area contributed by atoms with E-state index in [0.717, 1.165) is 18.5 Å².